The number of rotatable bonds is 7. The molecule has 0 unspecified atom stereocenters. The third-order valence-corrected chi connectivity index (χ3v) is 6.89. The molecule has 0 saturated carbocycles. The molecule has 0 saturated heterocycles. The average Bonchev–Trinajstić information content (AvgIpc) is 3.00. The summed E-state index contributed by atoms with van der Waals surface area (Å²) in [5, 5.41) is 0. The van der Waals surface area contributed by atoms with Crippen molar-refractivity contribution in [3.8, 4) is 0 Å². The van der Waals surface area contributed by atoms with Crippen molar-refractivity contribution < 1.29 is 9.53 Å². The van der Waals surface area contributed by atoms with Crippen LogP contribution in [0.25, 0.3) is 0 Å². The summed E-state index contributed by atoms with van der Waals surface area (Å²) in [5.41, 5.74) is 9.78. The van der Waals surface area contributed by atoms with E-state index in [-0.39, 0.29) is 11.4 Å². The fourth-order valence-electron chi connectivity index (χ4n) is 5.13. The zero-order valence-corrected chi connectivity index (χ0v) is 19.9. The summed E-state index contributed by atoms with van der Waals surface area (Å²) in [4.78, 5) is 12.4. The van der Waals surface area contributed by atoms with Gasteiger partial charge in [-0.3, -0.25) is 4.79 Å². The standard InChI is InChI=1S/C29H35NO2/c1-5-32-28(31)20-30-21(2)25(26-19-29(3,4)16-15-27(26)30)18-24-14-10-9-13-23(24)17-22-11-7-6-8-12-22/h6-14H,5,15-20H2,1-4H3. The Kier molecular flexibility index (Phi) is 6.55. The molecule has 0 radical (unpaired) electrons. The minimum Gasteiger partial charge on any atom is -0.465 e. The largest absolute Gasteiger partial charge is 0.465 e. The minimum absolute atomic E-state index is 0.144. The van der Waals surface area contributed by atoms with Crippen molar-refractivity contribution in [2.75, 3.05) is 6.61 Å². The van der Waals surface area contributed by atoms with E-state index in [1.54, 1.807) is 0 Å². The Hall–Kier alpha value is -2.81. The van der Waals surface area contributed by atoms with Crippen LogP contribution in [0.1, 0.15) is 66.4 Å². The highest BCUT2D eigenvalue weighted by Gasteiger charge is 2.32. The Labute approximate surface area is 192 Å². The fraction of sp³-hybridized carbons (Fsp3) is 0.414. The molecule has 1 aromatic heterocycles. The van der Waals surface area contributed by atoms with Crippen molar-refractivity contribution in [3.63, 3.8) is 0 Å². The summed E-state index contributed by atoms with van der Waals surface area (Å²) in [7, 11) is 0. The number of ether oxygens (including phenoxy) is 1. The van der Waals surface area contributed by atoms with Gasteiger partial charge in [-0.05, 0) is 79.2 Å². The lowest BCUT2D eigenvalue weighted by molar-refractivity contribution is -0.143. The van der Waals surface area contributed by atoms with Gasteiger partial charge in [0.05, 0.1) is 6.61 Å². The van der Waals surface area contributed by atoms with E-state index in [0.717, 1.165) is 32.1 Å². The van der Waals surface area contributed by atoms with Gasteiger partial charge in [0, 0.05) is 11.4 Å². The van der Waals surface area contributed by atoms with Crippen LogP contribution in [-0.4, -0.2) is 17.1 Å². The Morgan fingerprint density at radius 2 is 1.66 bits per heavy atom. The molecular formula is C29H35NO2. The predicted molar refractivity (Wildman–Crippen MR) is 130 cm³/mol. The average molecular weight is 430 g/mol. The van der Waals surface area contributed by atoms with E-state index in [1.807, 2.05) is 6.92 Å². The number of nitrogens with zero attached hydrogens (tertiary/aromatic N) is 1. The van der Waals surface area contributed by atoms with Gasteiger partial charge in [-0.2, -0.15) is 0 Å². The quantitative estimate of drug-likeness (QED) is 0.428. The third kappa shape index (κ3) is 4.82. The van der Waals surface area contributed by atoms with E-state index in [0.29, 0.717) is 13.2 Å². The maximum absolute atomic E-state index is 12.4. The van der Waals surface area contributed by atoms with E-state index in [4.69, 9.17) is 4.74 Å². The zero-order valence-electron chi connectivity index (χ0n) is 19.9. The summed E-state index contributed by atoms with van der Waals surface area (Å²) >= 11 is 0. The highest BCUT2D eigenvalue weighted by atomic mass is 16.5. The van der Waals surface area contributed by atoms with Crippen LogP contribution >= 0.6 is 0 Å². The van der Waals surface area contributed by atoms with Crippen LogP contribution in [0.15, 0.2) is 54.6 Å². The molecule has 1 aliphatic rings. The molecule has 0 N–H and O–H groups in total. The van der Waals surface area contributed by atoms with Gasteiger partial charge >= 0.3 is 5.97 Å². The molecule has 0 spiro atoms. The van der Waals surface area contributed by atoms with Crippen molar-refractivity contribution in [1.82, 2.24) is 4.57 Å². The Morgan fingerprint density at radius 1 is 1.00 bits per heavy atom. The van der Waals surface area contributed by atoms with Crippen molar-refractivity contribution in [3.05, 3.63) is 93.8 Å². The van der Waals surface area contributed by atoms with Gasteiger partial charge in [-0.25, -0.2) is 0 Å². The van der Waals surface area contributed by atoms with Crippen molar-refractivity contribution in [2.45, 2.75) is 66.3 Å². The molecule has 2 aromatic carbocycles. The van der Waals surface area contributed by atoms with Crippen molar-refractivity contribution >= 4 is 5.97 Å². The van der Waals surface area contributed by atoms with Crippen molar-refractivity contribution in [1.29, 1.82) is 0 Å². The number of esters is 1. The molecule has 0 atom stereocenters. The van der Waals surface area contributed by atoms with Crippen LogP contribution in [0.4, 0.5) is 0 Å². The number of hydrogen-bond donors (Lipinski definition) is 0. The lowest BCUT2D eigenvalue weighted by Crippen LogP contribution is -2.24. The lowest BCUT2D eigenvalue weighted by Gasteiger charge is -2.31. The summed E-state index contributed by atoms with van der Waals surface area (Å²) in [6, 6.07) is 19.5. The van der Waals surface area contributed by atoms with Gasteiger partial charge in [-0.15, -0.1) is 0 Å². The smallest absolute Gasteiger partial charge is 0.325 e. The summed E-state index contributed by atoms with van der Waals surface area (Å²) in [6.07, 6.45) is 5.08. The van der Waals surface area contributed by atoms with E-state index < -0.39 is 0 Å². The number of benzene rings is 2. The Balaban J connectivity index is 1.71. The van der Waals surface area contributed by atoms with E-state index in [2.05, 4.69) is 79.9 Å². The van der Waals surface area contributed by atoms with Gasteiger partial charge in [0.15, 0.2) is 0 Å². The van der Waals surface area contributed by atoms with Gasteiger partial charge in [0.1, 0.15) is 6.54 Å². The van der Waals surface area contributed by atoms with Crippen LogP contribution < -0.4 is 0 Å². The molecule has 32 heavy (non-hydrogen) atoms. The van der Waals surface area contributed by atoms with Crippen LogP contribution in [0.5, 0.6) is 0 Å². The minimum atomic E-state index is -0.144. The summed E-state index contributed by atoms with van der Waals surface area (Å²) in [6.45, 7) is 9.51. The van der Waals surface area contributed by atoms with Crippen LogP contribution in [0, 0.1) is 12.3 Å². The first-order chi connectivity index (χ1) is 15.4. The molecule has 1 heterocycles. The SMILES string of the molecule is CCOC(=O)Cn1c(C)c(Cc2ccccc2Cc2ccccc2)c2c1CCC(C)(C)C2. The molecular weight excluding hydrogens is 394 g/mol. The Morgan fingerprint density at radius 3 is 2.34 bits per heavy atom. The number of fused-ring (bicyclic) bond motifs is 1. The van der Waals surface area contributed by atoms with Gasteiger partial charge < -0.3 is 9.30 Å². The normalized spacial score (nSPS) is 14.8. The van der Waals surface area contributed by atoms with E-state index >= 15 is 0 Å². The first-order valence-corrected chi connectivity index (χ1v) is 11.8. The summed E-state index contributed by atoms with van der Waals surface area (Å²) < 4.78 is 7.52. The van der Waals surface area contributed by atoms with E-state index in [9.17, 15) is 4.79 Å². The van der Waals surface area contributed by atoms with Gasteiger partial charge in [0.25, 0.3) is 0 Å². The number of carbonyl (C=O) groups excluding carboxylic acids is 1. The van der Waals surface area contributed by atoms with Crippen LogP contribution in [-0.2, 0) is 41.8 Å². The molecule has 1 aliphatic carbocycles. The molecule has 3 nitrogen and oxygen atoms in total. The number of carbonyl (C=O) groups is 1. The highest BCUT2D eigenvalue weighted by Crippen LogP contribution is 2.40. The molecule has 0 aliphatic heterocycles. The Bertz CT molecular complexity index is 1090. The summed E-state index contributed by atoms with van der Waals surface area (Å²) in [5.74, 6) is -0.144. The van der Waals surface area contributed by atoms with Crippen LogP contribution in [0.3, 0.4) is 0 Å². The van der Waals surface area contributed by atoms with Gasteiger partial charge in [0.2, 0.25) is 0 Å². The first kappa shape index (κ1) is 22.4. The predicted octanol–water partition coefficient (Wildman–Crippen LogP) is 6.06. The topological polar surface area (TPSA) is 31.2 Å². The van der Waals surface area contributed by atoms with Crippen molar-refractivity contribution in [2.24, 2.45) is 5.41 Å². The van der Waals surface area contributed by atoms with E-state index in [1.165, 1.54) is 39.2 Å². The second kappa shape index (κ2) is 9.36. The first-order valence-electron chi connectivity index (χ1n) is 11.8. The lowest BCUT2D eigenvalue weighted by atomic mass is 9.75. The monoisotopic (exact) mass is 429 g/mol. The highest BCUT2D eigenvalue weighted by molar-refractivity contribution is 5.70. The molecule has 0 amide bonds. The molecule has 4 rings (SSSR count). The molecule has 0 bridgehead atoms. The molecule has 0 fully saturated rings. The second-order valence-corrected chi connectivity index (χ2v) is 9.83. The fourth-order valence-corrected chi connectivity index (χ4v) is 5.13. The molecule has 3 heteroatoms. The second-order valence-electron chi connectivity index (χ2n) is 9.83. The number of hydrogen-bond acceptors (Lipinski definition) is 2. The number of aromatic nitrogens is 1. The molecule has 3 aromatic rings. The maximum atomic E-state index is 12.4. The maximum Gasteiger partial charge on any atom is 0.325 e. The molecule has 168 valence electrons. The van der Waals surface area contributed by atoms with Crippen LogP contribution in [0.2, 0.25) is 0 Å². The third-order valence-electron chi connectivity index (χ3n) is 6.89. The van der Waals surface area contributed by atoms with Gasteiger partial charge in [-0.1, -0.05) is 68.4 Å². The zero-order chi connectivity index (χ0) is 22.7.